The number of halogens is 1. The standard InChI is InChI=1S/C17H17FN2O/c1-20(16-8-3-2-7-15(16)18)17(21)14-6-4-5-12-11-19-10-9-13(12)14/h2-8,19H,9-11H2,1H3. The third kappa shape index (κ3) is 2.54. The Balaban J connectivity index is 1.98. The Bertz CT molecular complexity index is 684. The highest BCUT2D eigenvalue weighted by Gasteiger charge is 2.21. The van der Waals surface area contributed by atoms with Crippen molar-refractivity contribution in [3.63, 3.8) is 0 Å². The normalized spacial score (nSPS) is 13.6. The Morgan fingerprint density at radius 3 is 2.81 bits per heavy atom. The fourth-order valence-corrected chi connectivity index (χ4v) is 2.75. The minimum Gasteiger partial charge on any atom is -0.312 e. The summed E-state index contributed by atoms with van der Waals surface area (Å²) in [7, 11) is 1.61. The van der Waals surface area contributed by atoms with Crippen LogP contribution in [0.15, 0.2) is 42.5 Å². The predicted octanol–water partition coefficient (Wildman–Crippen LogP) is 2.75. The first kappa shape index (κ1) is 13.8. The Hall–Kier alpha value is -2.20. The van der Waals surface area contributed by atoms with Crippen LogP contribution in [0.5, 0.6) is 0 Å². The molecular weight excluding hydrogens is 267 g/mol. The molecular formula is C17H17FN2O. The maximum atomic E-state index is 13.9. The van der Waals surface area contributed by atoms with Crippen LogP contribution in [-0.4, -0.2) is 19.5 Å². The number of nitrogens with one attached hydrogen (secondary N) is 1. The van der Waals surface area contributed by atoms with Crippen LogP contribution < -0.4 is 10.2 Å². The lowest BCUT2D eigenvalue weighted by molar-refractivity contribution is 0.0991. The average molecular weight is 284 g/mol. The zero-order valence-corrected chi connectivity index (χ0v) is 11.9. The van der Waals surface area contributed by atoms with Crippen molar-refractivity contribution < 1.29 is 9.18 Å². The summed E-state index contributed by atoms with van der Waals surface area (Å²) < 4.78 is 13.9. The summed E-state index contributed by atoms with van der Waals surface area (Å²) in [5.74, 6) is -0.557. The summed E-state index contributed by atoms with van der Waals surface area (Å²) in [6.07, 6.45) is 0.822. The Morgan fingerprint density at radius 2 is 2.00 bits per heavy atom. The van der Waals surface area contributed by atoms with Gasteiger partial charge in [-0.1, -0.05) is 24.3 Å². The van der Waals surface area contributed by atoms with Crippen molar-refractivity contribution in [2.75, 3.05) is 18.5 Å². The highest BCUT2D eigenvalue weighted by atomic mass is 19.1. The van der Waals surface area contributed by atoms with Gasteiger partial charge in [0.05, 0.1) is 5.69 Å². The molecule has 1 amide bonds. The molecule has 108 valence electrons. The second-order valence-electron chi connectivity index (χ2n) is 5.19. The second kappa shape index (κ2) is 5.66. The number of carbonyl (C=O) groups is 1. The zero-order valence-electron chi connectivity index (χ0n) is 11.9. The van der Waals surface area contributed by atoms with Crippen LogP contribution in [-0.2, 0) is 13.0 Å². The minimum absolute atomic E-state index is 0.168. The fourth-order valence-electron chi connectivity index (χ4n) is 2.75. The number of para-hydroxylation sites is 1. The molecule has 0 aromatic heterocycles. The van der Waals surface area contributed by atoms with E-state index in [1.54, 1.807) is 25.2 Å². The first-order valence-electron chi connectivity index (χ1n) is 7.02. The molecule has 0 atom stereocenters. The molecule has 0 unspecified atom stereocenters. The molecule has 2 aromatic carbocycles. The molecule has 0 fully saturated rings. The molecule has 0 spiro atoms. The lowest BCUT2D eigenvalue weighted by atomic mass is 9.95. The molecule has 0 saturated carbocycles. The summed E-state index contributed by atoms with van der Waals surface area (Å²) in [5, 5.41) is 3.29. The van der Waals surface area contributed by atoms with Gasteiger partial charge >= 0.3 is 0 Å². The fraction of sp³-hybridized carbons (Fsp3) is 0.235. The van der Waals surface area contributed by atoms with E-state index in [9.17, 15) is 9.18 Å². The average Bonchev–Trinajstić information content (AvgIpc) is 2.53. The Labute approximate surface area is 123 Å². The van der Waals surface area contributed by atoms with E-state index in [0.29, 0.717) is 11.3 Å². The van der Waals surface area contributed by atoms with Gasteiger partial charge in [0.1, 0.15) is 5.82 Å². The third-order valence-electron chi connectivity index (χ3n) is 3.89. The largest absolute Gasteiger partial charge is 0.312 e. The lowest BCUT2D eigenvalue weighted by Crippen LogP contribution is -2.31. The minimum atomic E-state index is -0.389. The molecule has 3 rings (SSSR count). The van der Waals surface area contributed by atoms with Crippen LogP contribution in [0.3, 0.4) is 0 Å². The Morgan fingerprint density at radius 1 is 1.19 bits per heavy atom. The number of anilines is 1. The topological polar surface area (TPSA) is 32.3 Å². The van der Waals surface area contributed by atoms with Crippen LogP contribution in [0, 0.1) is 5.82 Å². The molecule has 2 aromatic rings. The smallest absolute Gasteiger partial charge is 0.258 e. The van der Waals surface area contributed by atoms with Crippen molar-refractivity contribution >= 4 is 11.6 Å². The van der Waals surface area contributed by atoms with E-state index < -0.39 is 0 Å². The van der Waals surface area contributed by atoms with E-state index in [-0.39, 0.29) is 11.7 Å². The third-order valence-corrected chi connectivity index (χ3v) is 3.89. The second-order valence-corrected chi connectivity index (χ2v) is 5.19. The molecule has 0 bridgehead atoms. The molecule has 1 heterocycles. The lowest BCUT2D eigenvalue weighted by Gasteiger charge is -2.23. The molecule has 0 saturated heterocycles. The molecule has 0 radical (unpaired) electrons. The van der Waals surface area contributed by atoms with Crippen molar-refractivity contribution in [1.82, 2.24) is 5.32 Å². The van der Waals surface area contributed by atoms with Crippen LogP contribution in [0.4, 0.5) is 10.1 Å². The number of hydrogen-bond donors (Lipinski definition) is 1. The van der Waals surface area contributed by atoms with E-state index >= 15 is 0 Å². The van der Waals surface area contributed by atoms with Crippen molar-refractivity contribution in [2.24, 2.45) is 0 Å². The van der Waals surface area contributed by atoms with Crippen LogP contribution in [0.25, 0.3) is 0 Å². The molecule has 3 nitrogen and oxygen atoms in total. The first-order chi connectivity index (χ1) is 10.2. The van der Waals surface area contributed by atoms with E-state index in [1.807, 2.05) is 18.2 Å². The zero-order chi connectivity index (χ0) is 14.8. The monoisotopic (exact) mass is 284 g/mol. The maximum Gasteiger partial charge on any atom is 0.258 e. The summed E-state index contributed by atoms with van der Waals surface area (Å²) in [6.45, 7) is 1.64. The summed E-state index contributed by atoms with van der Waals surface area (Å²) in [4.78, 5) is 14.1. The van der Waals surface area contributed by atoms with Crippen molar-refractivity contribution in [3.8, 4) is 0 Å². The van der Waals surface area contributed by atoms with Gasteiger partial charge in [-0.05, 0) is 42.3 Å². The molecule has 4 heteroatoms. The van der Waals surface area contributed by atoms with E-state index in [2.05, 4.69) is 5.32 Å². The number of rotatable bonds is 2. The molecule has 0 aliphatic carbocycles. The maximum absolute atomic E-state index is 13.9. The van der Waals surface area contributed by atoms with E-state index in [0.717, 1.165) is 30.6 Å². The van der Waals surface area contributed by atoms with Gasteiger partial charge < -0.3 is 10.2 Å². The number of amides is 1. The summed E-state index contributed by atoms with van der Waals surface area (Å²) in [6, 6.07) is 12.1. The SMILES string of the molecule is CN(C(=O)c1cccc2c1CCNC2)c1ccccc1F. The number of carbonyl (C=O) groups excluding carboxylic acids is 1. The number of benzene rings is 2. The van der Waals surface area contributed by atoms with E-state index in [1.165, 1.54) is 11.0 Å². The highest BCUT2D eigenvalue weighted by molar-refractivity contribution is 6.07. The molecule has 21 heavy (non-hydrogen) atoms. The van der Waals surface area contributed by atoms with Gasteiger partial charge in [0.2, 0.25) is 0 Å². The van der Waals surface area contributed by atoms with Gasteiger partial charge in [-0.3, -0.25) is 4.79 Å². The molecule has 1 aliphatic rings. The van der Waals surface area contributed by atoms with Gasteiger partial charge in [-0.2, -0.15) is 0 Å². The van der Waals surface area contributed by atoms with Gasteiger partial charge in [0, 0.05) is 19.2 Å². The first-order valence-corrected chi connectivity index (χ1v) is 7.02. The van der Waals surface area contributed by atoms with Crippen LogP contribution >= 0.6 is 0 Å². The molecule has 1 aliphatic heterocycles. The summed E-state index contributed by atoms with van der Waals surface area (Å²) in [5.41, 5.74) is 3.19. The summed E-state index contributed by atoms with van der Waals surface area (Å²) >= 11 is 0. The number of fused-ring (bicyclic) bond motifs is 1. The Kier molecular flexibility index (Phi) is 3.71. The van der Waals surface area contributed by atoms with Gasteiger partial charge in [0.25, 0.3) is 5.91 Å². The van der Waals surface area contributed by atoms with Gasteiger partial charge in [0.15, 0.2) is 0 Å². The van der Waals surface area contributed by atoms with Gasteiger partial charge in [-0.15, -0.1) is 0 Å². The van der Waals surface area contributed by atoms with Crippen molar-refractivity contribution in [2.45, 2.75) is 13.0 Å². The van der Waals surface area contributed by atoms with E-state index in [4.69, 9.17) is 0 Å². The van der Waals surface area contributed by atoms with Crippen molar-refractivity contribution in [1.29, 1.82) is 0 Å². The van der Waals surface area contributed by atoms with Gasteiger partial charge in [-0.25, -0.2) is 4.39 Å². The quantitative estimate of drug-likeness (QED) is 0.919. The van der Waals surface area contributed by atoms with Crippen molar-refractivity contribution in [3.05, 3.63) is 65.0 Å². The highest BCUT2D eigenvalue weighted by Crippen LogP contribution is 2.23. The predicted molar refractivity (Wildman–Crippen MR) is 81.0 cm³/mol. The number of nitrogens with zero attached hydrogens (tertiary/aromatic N) is 1. The molecule has 1 N–H and O–H groups in total. The van der Waals surface area contributed by atoms with Crippen LogP contribution in [0.2, 0.25) is 0 Å². The van der Waals surface area contributed by atoms with Crippen LogP contribution in [0.1, 0.15) is 21.5 Å². The number of hydrogen-bond acceptors (Lipinski definition) is 2.